The Morgan fingerprint density at radius 2 is 1.90 bits per heavy atom. The minimum absolute atomic E-state index is 0.0000705. The molecule has 1 aliphatic rings. The monoisotopic (exact) mass is 410 g/mol. The van der Waals surface area contributed by atoms with Crippen LogP contribution in [0.4, 0.5) is 13.2 Å². The van der Waals surface area contributed by atoms with E-state index in [1.165, 1.54) is 12.1 Å². The number of nitrogens with zero attached hydrogens (tertiary/aromatic N) is 3. The van der Waals surface area contributed by atoms with E-state index in [1.54, 1.807) is 24.8 Å². The molecule has 1 aromatic heterocycles. The second-order valence-corrected chi connectivity index (χ2v) is 7.56. The smallest absolute Gasteiger partial charge is 0.356 e. The number of carbonyl (C=O) groups excluding carboxylic acids is 2. The van der Waals surface area contributed by atoms with Crippen LogP contribution < -0.4 is 5.32 Å². The molecule has 6 nitrogen and oxygen atoms in total. The molecule has 158 valence electrons. The maximum absolute atomic E-state index is 13.4. The normalized spacial score (nSPS) is 15.9. The molecule has 2 heterocycles. The van der Waals surface area contributed by atoms with Crippen LogP contribution in [0.25, 0.3) is 11.0 Å². The summed E-state index contributed by atoms with van der Waals surface area (Å²) in [6, 6.07) is 4.06. The zero-order valence-electron chi connectivity index (χ0n) is 16.7. The number of hydrogen-bond donors (Lipinski definition) is 1. The van der Waals surface area contributed by atoms with Crippen LogP contribution >= 0.6 is 0 Å². The van der Waals surface area contributed by atoms with Crippen LogP contribution in [0.5, 0.6) is 0 Å². The molecule has 3 rings (SSSR count). The van der Waals surface area contributed by atoms with Gasteiger partial charge in [0.15, 0.2) is 0 Å². The number of carbonyl (C=O) groups is 2. The number of piperidine rings is 1. The molecule has 0 atom stereocenters. The largest absolute Gasteiger partial charge is 0.449 e. The molecular weight excluding hydrogens is 385 g/mol. The molecule has 0 bridgehead atoms. The van der Waals surface area contributed by atoms with Gasteiger partial charge in [0.25, 0.3) is 5.91 Å². The zero-order chi connectivity index (χ0) is 21.3. The maximum atomic E-state index is 13.4. The summed E-state index contributed by atoms with van der Waals surface area (Å²) >= 11 is 0. The summed E-state index contributed by atoms with van der Waals surface area (Å²) in [4.78, 5) is 30.2. The van der Waals surface area contributed by atoms with Crippen LogP contribution in [0, 0.1) is 5.92 Å². The summed E-state index contributed by atoms with van der Waals surface area (Å²) in [6.45, 7) is 6.63. The summed E-state index contributed by atoms with van der Waals surface area (Å²) < 4.78 is 41.2. The molecule has 1 N–H and O–H groups in total. The average Bonchev–Trinajstić information content (AvgIpc) is 3.07. The number of nitrogens with one attached hydrogen (secondary N) is 1. The highest BCUT2D eigenvalue weighted by Gasteiger charge is 2.38. The summed E-state index contributed by atoms with van der Waals surface area (Å²) in [6.07, 6.45) is -3.44. The lowest BCUT2D eigenvalue weighted by Gasteiger charge is -2.31. The van der Waals surface area contributed by atoms with Gasteiger partial charge >= 0.3 is 6.18 Å². The SMILES string of the molecule is CCNC(=O)C1CCN(C(=O)c2ccc3c(c2)nc(C(F)(F)F)n3C(C)C)CC1. The van der Waals surface area contributed by atoms with Crippen LogP contribution in [-0.4, -0.2) is 45.9 Å². The van der Waals surface area contributed by atoms with Crippen molar-refractivity contribution >= 4 is 22.8 Å². The van der Waals surface area contributed by atoms with Crippen molar-refractivity contribution < 1.29 is 22.8 Å². The van der Waals surface area contributed by atoms with E-state index in [0.717, 1.165) is 4.57 Å². The second kappa shape index (κ2) is 8.04. The van der Waals surface area contributed by atoms with Crippen molar-refractivity contribution in [3.63, 3.8) is 0 Å². The van der Waals surface area contributed by atoms with Gasteiger partial charge in [-0.05, 0) is 51.8 Å². The number of likely N-dealkylation sites (tertiary alicyclic amines) is 1. The van der Waals surface area contributed by atoms with Crippen LogP contribution in [0.1, 0.15) is 55.8 Å². The van der Waals surface area contributed by atoms with Gasteiger partial charge in [-0.3, -0.25) is 9.59 Å². The van der Waals surface area contributed by atoms with E-state index in [1.807, 2.05) is 6.92 Å². The maximum Gasteiger partial charge on any atom is 0.449 e. The molecule has 0 aliphatic carbocycles. The molecule has 1 fully saturated rings. The fraction of sp³-hybridized carbons (Fsp3) is 0.550. The molecule has 29 heavy (non-hydrogen) atoms. The van der Waals surface area contributed by atoms with Crippen LogP contribution in [0.2, 0.25) is 0 Å². The van der Waals surface area contributed by atoms with E-state index in [4.69, 9.17) is 0 Å². The molecule has 2 aromatic rings. The standard InChI is InChI=1S/C20H25F3N4O2/c1-4-24-17(28)13-7-9-26(10-8-13)18(29)14-5-6-16-15(11-14)25-19(20(21,22)23)27(16)12(2)3/h5-6,11-13H,4,7-10H2,1-3H3,(H,24,28). The van der Waals surface area contributed by atoms with Gasteiger partial charge in [0.05, 0.1) is 11.0 Å². The van der Waals surface area contributed by atoms with Crippen molar-refractivity contribution in [2.45, 2.75) is 45.8 Å². The Hall–Kier alpha value is -2.58. The fourth-order valence-electron chi connectivity index (χ4n) is 3.80. The number of hydrogen-bond acceptors (Lipinski definition) is 3. The van der Waals surface area contributed by atoms with E-state index >= 15 is 0 Å². The van der Waals surface area contributed by atoms with Gasteiger partial charge in [-0.2, -0.15) is 13.2 Å². The Morgan fingerprint density at radius 3 is 2.45 bits per heavy atom. The number of amides is 2. The average molecular weight is 410 g/mol. The van der Waals surface area contributed by atoms with Gasteiger partial charge in [0.1, 0.15) is 0 Å². The topological polar surface area (TPSA) is 67.2 Å². The molecule has 0 saturated carbocycles. The number of aromatic nitrogens is 2. The molecule has 2 amide bonds. The second-order valence-electron chi connectivity index (χ2n) is 7.56. The first-order valence-corrected chi connectivity index (χ1v) is 9.79. The van der Waals surface area contributed by atoms with Gasteiger partial charge in [-0.25, -0.2) is 4.98 Å². The third-order valence-electron chi connectivity index (χ3n) is 5.21. The molecule has 1 aliphatic heterocycles. The van der Waals surface area contributed by atoms with E-state index in [0.29, 0.717) is 43.6 Å². The Bertz CT molecular complexity index is 912. The first-order chi connectivity index (χ1) is 13.6. The van der Waals surface area contributed by atoms with E-state index < -0.39 is 18.0 Å². The molecule has 1 saturated heterocycles. The number of rotatable bonds is 4. The highest BCUT2D eigenvalue weighted by atomic mass is 19.4. The number of alkyl halides is 3. The highest BCUT2D eigenvalue weighted by Crippen LogP contribution is 2.34. The minimum atomic E-state index is -4.57. The Labute approximate surface area is 167 Å². The van der Waals surface area contributed by atoms with Crippen LogP contribution in [0.3, 0.4) is 0 Å². The Balaban J connectivity index is 1.82. The first kappa shape index (κ1) is 21.1. The molecule has 1 aromatic carbocycles. The summed E-state index contributed by atoms with van der Waals surface area (Å²) in [5, 5.41) is 2.80. The summed E-state index contributed by atoms with van der Waals surface area (Å²) in [5.41, 5.74) is 0.795. The number of fused-ring (bicyclic) bond motifs is 1. The lowest BCUT2D eigenvalue weighted by Crippen LogP contribution is -2.43. The molecule has 9 heteroatoms. The summed E-state index contributed by atoms with van der Waals surface area (Å²) in [5.74, 6) is -1.33. The number of halogens is 3. The molecule has 0 unspecified atom stereocenters. The van der Waals surface area contributed by atoms with Crippen molar-refractivity contribution in [3.8, 4) is 0 Å². The minimum Gasteiger partial charge on any atom is -0.356 e. The lowest BCUT2D eigenvalue weighted by atomic mass is 9.95. The summed E-state index contributed by atoms with van der Waals surface area (Å²) in [7, 11) is 0. The molecule has 0 spiro atoms. The third-order valence-corrected chi connectivity index (χ3v) is 5.21. The molecule has 0 radical (unpaired) electrons. The quantitative estimate of drug-likeness (QED) is 0.837. The van der Waals surface area contributed by atoms with Crippen LogP contribution in [-0.2, 0) is 11.0 Å². The number of benzene rings is 1. The predicted octanol–water partition coefficient (Wildman–Crippen LogP) is 3.62. The Kier molecular flexibility index (Phi) is 5.86. The van der Waals surface area contributed by atoms with Crippen molar-refractivity contribution in [2.75, 3.05) is 19.6 Å². The predicted molar refractivity (Wildman–Crippen MR) is 102 cm³/mol. The van der Waals surface area contributed by atoms with Gasteiger partial charge in [-0.1, -0.05) is 0 Å². The lowest BCUT2D eigenvalue weighted by molar-refractivity contribution is -0.147. The Morgan fingerprint density at radius 1 is 1.24 bits per heavy atom. The fourth-order valence-corrected chi connectivity index (χ4v) is 3.80. The van der Waals surface area contributed by atoms with Gasteiger partial charge in [0.2, 0.25) is 11.7 Å². The van der Waals surface area contributed by atoms with Crippen molar-refractivity contribution in [3.05, 3.63) is 29.6 Å². The van der Waals surface area contributed by atoms with Gasteiger partial charge < -0.3 is 14.8 Å². The molecular formula is C20H25F3N4O2. The van der Waals surface area contributed by atoms with E-state index in [-0.39, 0.29) is 23.2 Å². The van der Waals surface area contributed by atoms with Crippen molar-refractivity contribution in [2.24, 2.45) is 5.92 Å². The number of imidazole rings is 1. The first-order valence-electron chi connectivity index (χ1n) is 9.79. The van der Waals surface area contributed by atoms with Gasteiger partial charge in [0, 0.05) is 37.2 Å². The highest BCUT2D eigenvalue weighted by molar-refractivity contribution is 5.97. The third kappa shape index (κ3) is 4.23. The van der Waals surface area contributed by atoms with Gasteiger partial charge in [-0.15, -0.1) is 0 Å². The zero-order valence-corrected chi connectivity index (χ0v) is 16.7. The van der Waals surface area contributed by atoms with E-state index in [2.05, 4.69) is 10.3 Å². The van der Waals surface area contributed by atoms with Crippen molar-refractivity contribution in [1.29, 1.82) is 0 Å². The van der Waals surface area contributed by atoms with Crippen molar-refractivity contribution in [1.82, 2.24) is 19.8 Å². The van der Waals surface area contributed by atoms with E-state index in [9.17, 15) is 22.8 Å². The van der Waals surface area contributed by atoms with Crippen LogP contribution in [0.15, 0.2) is 18.2 Å².